The number of aliphatic carboxylic acids is 1. The summed E-state index contributed by atoms with van der Waals surface area (Å²) in [5, 5.41) is 9.06. The highest BCUT2D eigenvalue weighted by molar-refractivity contribution is 5.91. The Balaban J connectivity index is 2.07. The van der Waals surface area contributed by atoms with E-state index < -0.39 is 5.97 Å². The van der Waals surface area contributed by atoms with Crippen LogP contribution in [-0.2, 0) is 14.4 Å². The lowest BCUT2D eigenvalue weighted by Gasteiger charge is -2.30. The number of rotatable bonds is 5. The van der Waals surface area contributed by atoms with Gasteiger partial charge in [0.2, 0.25) is 11.8 Å². The van der Waals surface area contributed by atoms with Crippen LogP contribution in [0.25, 0.3) is 0 Å². The molecule has 2 amide bonds. The van der Waals surface area contributed by atoms with Crippen LogP contribution in [0.3, 0.4) is 0 Å². The second kappa shape index (κ2) is 6.45. The summed E-state index contributed by atoms with van der Waals surface area (Å²) in [5.74, 6) is -1.55. The molecule has 1 N–H and O–H groups in total. The summed E-state index contributed by atoms with van der Waals surface area (Å²) in [6, 6.07) is 0.103. The largest absolute Gasteiger partial charge is 0.480 e. The van der Waals surface area contributed by atoms with Crippen molar-refractivity contribution in [3.05, 3.63) is 0 Å². The van der Waals surface area contributed by atoms with Crippen LogP contribution >= 0.6 is 0 Å². The van der Waals surface area contributed by atoms with Crippen LogP contribution in [0.2, 0.25) is 0 Å². The fraction of sp³-hybridized carbons (Fsp3) is 0.800. The fourth-order valence-electron chi connectivity index (χ4n) is 3.38. The van der Waals surface area contributed by atoms with Gasteiger partial charge >= 0.3 is 5.97 Å². The molecule has 6 heteroatoms. The van der Waals surface area contributed by atoms with Crippen LogP contribution < -0.4 is 0 Å². The van der Waals surface area contributed by atoms with E-state index in [-0.39, 0.29) is 42.8 Å². The third kappa shape index (κ3) is 3.54. The zero-order valence-electron chi connectivity index (χ0n) is 12.7. The maximum atomic E-state index is 12.7. The number of amides is 2. The SMILES string of the molecule is CC(C)N1CC(C(=O)N(CC(=O)O)C2CCCC2)CC1=O. The monoisotopic (exact) mass is 296 g/mol. The fourth-order valence-corrected chi connectivity index (χ4v) is 3.38. The summed E-state index contributed by atoms with van der Waals surface area (Å²) in [5.41, 5.74) is 0. The lowest BCUT2D eigenvalue weighted by Crippen LogP contribution is -2.46. The van der Waals surface area contributed by atoms with E-state index in [1.807, 2.05) is 13.8 Å². The first kappa shape index (κ1) is 15.8. The van der Waals surface area contributed by atoms with Gasteiger partial charge in [0, 0.05) is 25.0 Å². The Morgan fingerprint density at radius 2 is 1.95 bits per heavy atom. The highest BCUT2D eigenvalue weighted by atomic mass is 16.4. The van der Waals surface area contributed by atoms with Gasteiger partial charge in [0.25, 0.3) is 0 Å². The molecule has 0 aromatic rings. The molecule has 0 aromatic carbocycles. The van der Waals surface area contributed by atoms with E-state index in [1.54, 1.807) is 4.90 Å². The number of likely N-dealkylation sites (tertiary alicyclic amines) is 1. The van der Waals surface area contributed by atoms with Crippen molar-refractivity contribution in [1.82, 2.24) is 9.80 Å². The first-order valence-corrected chi connectivity index (χ1v) is 7.72. The van der Waals surface area contributed by atoms with Crippen molar-refractivity contribution in [2.24, 2.45) is 5.92 Å². The number of nitrogens with zero attached hydrogens (tertiary/aromatic N) is 2. The van der Waals surface area contributed by atoms with Gasteiger partial charge in [-0.1, -0.05) is 12.8 Å². The van der Waals surface area contributed by atoms with E-state index in [2.05, 4.69) is 0 Å². The van der Waals surface area contributed by atoms with Crippen molar-refractivity contribution < 1.29 is 19.5 Å². The number of hydrogen-bond donors (Lipinski definition) is 1. The molecule has 2 fully saturated rings. The normalized spacial score (nSPS) is 23.1. The van der Waals surface area contributed by atoms with Gasteiger partial charge in [0.1, 0.15) is 6.54 Å². The predicted molar refractivity (Wildman–Crippen MR) is 76.6 cm³/mol. The quantitative estimate of drug-likeness (QED) is 0.824. The first-order chi connectivity index (χ1) is 9.90. The smallest absolute Gasteiger partial charge is 0.323 e. The minimum atomic E-state index is -0.986. The topological polar surface area (TPSA) is 77.9 Å². The van der Waals surface area contributed by atoms with Crippen molar-refractivity contribution in [1.29, 1.82) is 0 Å². The molecule has 21 heavy (non-hydrogen) atoms. The van der Waals surface area contributed by atoms with Gasteiger partial charge in [-0.05, 0) is 26.7 Å². The molecule has 1 unspecified atom stereocenters. The number of carbonyl (C=O) groups excluding carboxylic acids is 2. The summed E-state index contributed by atoms with van der Waals surface area (Å²) >= 11 is 0. The molecule has 2 rings (SSSR count). The Kier molecular flexibility index (Phi) is 4.85. The Morgan fingerprint density at radius 1 is 1.33 bits per heavy atom. The van der Waals surface area contributed by atoms with Crippen molar-refractivity contribution in [2.75, 3.05) is 13.1 Å². The molecular formula is C15H24N2O4. The average Bonchev–Trinajstić information content (AvgIpc) is 3.03. The highest BCUT2D eigenvalue weighted by Crippen LogP contribution is 2.28. The highest BCUT2D eigenvalue weighted by Gasteiger charge is 2.40. The van der Waals surface area contributed by atoms with Gasteiger partial charge < -0.3 is 14.9 Å². The van der Waals surface area contributed by atoms with Crippen molar-refractivity contribution in [2.45, 2.75) is 58.0 Å². The van der Waals surface area contributed by atoms with E-state index in [1.165, 1.54) is 4.90 Å². The summed E-state index contributed by atoms with van der Waals surface area (Å²) in [6.07, 6.45) is 4.02. The zero-order chi connectivity index (χ0) is 15.6. The lowest BCUT2D eigenvalue weighted by atomic mass is 10.0. The molecule has 0 radical (unpaired) electrons. The molecule has 1 heterocycles. The molecule has 118 valence electrons. The van der Waals surface area contributed by atoms with Gasteiger partial charge in [-0.3, -0.25) is 14.4 Å². The first-order valence-electron chi connectivity index (χ1n) is 7.72. The van der Waals surface area contributed by atoms with E-state index in [4.69, 9.17) is 5.11 Å². The Morgan fingerprint density at radius 3 is 2.43 bits per heavy atom. The number of carboxylic acids is 1. The molecule has 0 spiro atoms. The average molecular weight is 296 g/mol. The Hall–Kier alpha value is -1.59. The van der Waals surface area contributed by atoms with Crippen LogP contribution in [-0.4, -0.2) is 57.9 Å². The summed E-state index contributed by atoms with van der Waals surface area (Å²) in [7, 11) is 0. The molecule has 2 aliphatic rings. The van der Waals surface area contributed by atoms with Gasteiger partial charge in [-0.25, -0.2) is 0 Å². The molecule has 1 saturated heterocycles. The van der Waals surface area contributed by atoms with Crippen molar-refractivity contribution in [3.8, 4) is 0 Å². The van der Waals surface area contributed by atoms with E-state index in [0.29, 0.717) is 6.54 Å². The minimum Gasteiger partial charge on any atom is -0.480 e. The molecule has 1 atom stereocenters. The van der Waals surface area contributed by atoms with Gasteiger partial charge in [-0.2, -0.15) is 0 Å². The lowest BCUT2D eigenvalue weighted by molar-refractivity contribution is -0.148. The number of carboxylic acid groups (broad SMARTS) is 1. The van der Waals surface area contributed by atoms with Gasteiger partial charge in [-0.15, -0.1) is 0 Å². The molecule has 1 aliphatic heterocycles. The molecule has 0 aromatic heterocycles. The van der Waals surface area contributed by atoms with Crippen LogP contribution in [0, 0.1) is 5.92 Å². The van der Waals surface area contributed by atoms with E-state index in [0.717, 1.165) is 25.7 Å². The minimum absolute atomic E-state index is 0.00922. The standard InChI is InChI=1S/C15H24N2O4/c1-10(2)16-8-11(7-13(16)18)15(21)17(9-14(19)20)12-5-3-4-6-12/h10-12H,3-9H2,1-2H3,(H,19,20). The maximum absolute atomic E-state index is 12.7. The van der Waals surface area contributed by atoms with Crippen molar-refractivity contribution in [3.63, 3.8) is 0 Å². The number of carbonyl (C=O) groups is 3. The molecule has 1 aliphatic carbocycles. The second-order valence-electron chi connectivity index (χ2n) is 6.34. The summed E-state index contributed by atoms with van der Waals surface area (Å²) in [4.78, 5) is 38.9. The molecular weight excluding hydrogens is 272 g/mol. The zero-order valence-corrected chi connectivity index (χ0v) is 12.7. The Labute approximate surface area is 125 Å². The molecule has 1 saturated carbocycles. The third-order valence-electron chi connectivity index (χ3n) is 4.49. The van der Waals surface area contributed by atoms with Gasteiger partial charge in [0.15, 0.2) is 0 Å². The summed E-state index contributed by atoms with van der Waals surface area (Å²) < 4.78 is 0. The van der Waals surface area contributed by atoms with Crippen LogP contribution in [0.1, 0.15) is 46.0 Å². The molecule has 6 nitrogen and oxygen atoms in total. The second-order valence-corrected chi connectivity index (χ2v) is 6.34. The Bertz CT molecular complexity index is 429. The third-order valence-corrected chi connectivity index (χ3v) is 4.49. The van der Waals surface area contributed by atoms with Gasteiger partial charge in [0.05, 0.1) is 5.92 Å². The van der Waals surface area contributed by atoms with Crippen LogP contribution in [0.5, 0.6) is 0 Å². The maximum Gasteiger partial charge on any atom is 0.323 e. The van der Waals surface area contributed by atoms with E-state index in [9.17, 15) is 14.4 Å². The van der Waals surface area contributed by atoms with E-state index >= 15 is 0 Å². The number of hydrogen-bond acceptors (Lipinski definition) is 3. The van der Waals surface area contributed by atoms with Crippen LogP contribution in [0.4, 0.5) is 0 Å². The summed E-state index contributed by atoms with van der Waals surface area (Å²) in [6.45, 7) is 4.02. The van der Waals surface area contributed by atoms with Crippen LogP contribution in [0.15, 0.2) is 0 Å². The predicted octanol–water partition coefficient (Wildman–Crippen LogP) is 1.10. The van der Waals surface area contributed by atoms with Crippen molar-refractivity contribution >= 4 is 17.8 Å². The molecule has 0 bridgehead atoms.